The van der Waals surface area contributed by atoms with Crippen LogP contribution in [0.4, 0.5) is 5.82 Å². The fourth-order valence-corrected chi connectivity index (χ4v) is 2.84. The fraction of sp³-hybridized carbons (Fsp3) is 0.0476. The van der Waals surface area contributed by atoms with Gasteiger partial charge in [-0.1, -0.05) is 29.8 Å². The Hall–Kier alpha value is -3.71. The molecule has 144 valence electrons. The second-order valence-electron chi connectivity index (χ2n) is 6.04. The number of esters is 1. The molecular weight excluding hydrogens is 394 g/mol. The summed E-state index contributed by atoms with van der Waals surface area (Å²) < 4.78 is 10.6. The smallest absolute Gasteiger partial charge is 0.339 e. The number of nitrogens with zero attached hydrogens (tertiary/aromatic N) is 2. The van der Waals surface area contributed by atoms with Gasteiger partial charge < -0.3 is 14.5 Å². The number of ether oxygens (including phenoxy) is 1. The Kier molecular flexibility index (Phi) is 5.22. The van der Waals surface area contributed by atoms with Crippen LogP contribution in [-0.4, -0.2) is 28.5 Å². The first-order valence-corrected chi connectivity index (χ1v) is 9.00. The highest BCUT2D eigenvalue weighted by Crippen LogP contribution is 2.25. The molecule has 0 radical (unpaired) electrons. The molecule has 0 unspecified atom stereocenters. The van der Waals surface area contributed by atoms with Crippen molar-refractivity contribution in [2.75, 3.05) is 11.9 Å². The van der Waals surface area contributed by atoms with Crippen LogP contribution in [0.2, 0.25) is 5.02 Å². The highest BCUT2D eigenvalue weighted by Gasteiger charge is 2.17. The number of amides is 1. The number of pyridine rings is 2. The maximum atomic E-state index is 12.7. The summed E-state index contributed by atoms with van der Waals surface area (Å²) >= 11 is 5.76. The van der Waals surface area contributed by atoms with Gasteiger partial charge in [-0.25, -0.2) is 14.8 Å². The van der Waals surface area contributed by atoms with Gasteiger partial charge in [-0.15, -0.1) is 0 Å². The van der Waals surface area contributed by atoms with Crippen LogP contribution in [0.5, 0.6) is 0 Å². The summed E-state index contributed by atoms with van der Waals surface area (Å²) in [4.78, 5) is 33.2. The van der Waals surface area contributed by atoms with Gasteiger partial charge >= 0.3 is 5.97 Å². The van der Waals surface area contributed by atoms with Crippen molar-refractivity contribution in [3.8, 4) is 11.5 Å². The van der Waals surface area contributed by atoms with E-state index in [9.17, 15) is 9.59 Å². The van der Waals surface area contributed by atoms with Gasteiger partial charge in [0.25, 0.3) is 5.91 Å². The van der Waals surface area contributed by atoms with E-state index in [4.69, 9.17) is 20.8 Å². The van der Waals surface area contributed by atoms with E-state index >= 15 is 0 Å². The predicted octanol–water partition coefficient (Wildman–Crippen LogP) is 4.34. The molecule has 0 saturated carbocycles. The number of rotatable bonds is 5. The molecule has 0 bridgehead atoms. The minimum atomic E-state index is -0.643. The second kappa shape index (κ2) is 8.12. The monoisotopic (exact) mass is 407 g/mol. The third-order valence-corrected chi connectivity index (χ3v) is 4.26. The largest absolute Gasteiger partial charge is 0.463 e. The van der Waals surface area contributed by atoms with E-state index in [-0.39, 0.29) is 0 Å². The molecule has 3 heterocycles. The number of fused-ring (bicyclic) bond motifs is 1. The van der Waals surface area contributed by atoms with Gasteiger partial charge in [-0.2, -0.15) is 0 Å². The lowest BCUT2D eigenvalue weighted by Gasteiger charge is -2.09. The SMILES string of the molecule is O=C(COC(=O)c1cc(-c2ccco2)nc2ccccc12)Nc1ccc(Cl)cn1. The van der Waals surface area contributed by atoms with E-state index < -0.39 is 18.5 Å². The van der Waals surface area contributed by atoms with Crippen molar-refractivity contribution in [3.63, 3.8) is 0 Å². The van der Waals surface area contributed by atoms with Crippen LogP contribution >= 0.6 is 11.6 Å². The lowest BCUT2D eigenvalue weighted by molar-refractivity contribution is -0.119. The summed E-state index contributed by atoms with van der Waals surface area (Å²) in [6.45, 7) is -0.462. The van der Waals surface area contributed by atoms with E-state index in [1.807, 2.05) is 6.07 Å². The Bertz CT molecular complexity index is 1170. The van der Waals surface area contributed by atoms with Gasteiger partial charge in [0.1, 0.15) is 11.5 Å². The molecule has 0 aliphatic rings. The molecule has 0 spiro atoms. The lowest BCUT2D eigenvalue weighted by atomic mass is 10.1. The highest BCUT2D eigenvalue weighted by molar-refractivity contribution is 6.30. The number of benzene rings is 1. The van der Waals surface area contributed by atoms with Crippen LogP contribution < -0.4 is 5.32 Å². The molecule has 4 rings (SSSR count). The maximum Gasteiger partial charge on any atom is 0.339 e. The minimum absolute atomic E-state index is 0.291. The molecule has 0 aliphatic heterocycles. The maximum absolute atomic E-state index is 12.7. The number of para-hydroxylation sites is 1. The quantitative estimate of drug-likeness (QED) is 0.494. The highest BCUT2D eigenvalue weighted by atomic mass is 35.5. The number of hydrogen-bond donors (Lipinski definition) is 1. The summed E-state index contributed by atoms with van der Waals surface area (Å²) in [5, 5.41) is 3.60. The van der Waals surface area contributed by atoms with Crippen molar-refractivity contribution in [2.24, 2.45) is 0 Å². The van der Waals surface area contributed by atoms with Crippen molar-refractivity contribution in [1.82, 2.24) is 9.97 Å². The van der Waals surface area contributed by atoms with Crippen LogP contribution in [-0.2, 0) is 9.53 Å². The number of halogens is 1. The van der Waals surface area contributed by atoms with Crippen LogP contribution in [0.1, 0.15) is 10.4 Å². The summed E-state index contributed by atoms with van der Waals surface area (Å²) in [5.41, 5.74) is 1.40. The molecule has 0 saturated heterocycles. The summed E-state index contributed by atoms with van der Waals surface area (Å²) in [6, 6.07) is 15.4. The number of furan rings is 1. The standard InChI is InChI=1S/C21H14ClN3O4/c22-13-7-8-19(23-11-13)25-20(26)12-29-21(27)15-10-17(18-6-3-9-28-18)24-16-5-2-1-4-14(15)16/h1-11H,12H2,(H,23,25,26). The molecule has 4 aromatic rings. The third-order valence-electron chi connectivity index (χ3n) is 4.04. The zero-order valence-corrected chi connectivity index (χ0v) is 15.7. The Morgan fingerprint density at radius 2 is 1.97 bits per heavy atom. The van der Waals surface area contributed by atoms with Crippen molar-refractivity contribution in [3.05, 3.63) is 77.6 Å². The molecule has 7 nitrogen and oxygen atoms in total. The molecule has 1 N–H and O–H groups in total. The number of anilines is 1. The summed E-state index contributed by atoms with van der Waals surface area (Å²) in [7, 11) is 0. The average Bonchev–Trinajstić information content (AvgIpc) is 3.28. The van der Waals surface area contributed by atoms with Gasteiger partial charge in [0.05, 0.1) is 22.4 Å². The molecule has 0 atom stereocenters. The number of carbonyl (C=O) groups excluding carboxylic acids is 2. The molecule has 1 aromatic carbocycles. The van der Waals surface area contributed by atoms with Crippen molar-refractivity contribution >= 4 is 40.2 Å². The average molecular weight is 408 g/mol. The Morgan fingerprint density at radius 3 is 2.72 bits per heavy atom. The molecule has 3 aromatic heterocycles. The van der Waals surface area contributed by atoms with E-state index in [1.54, 1.807) is 48.5 Å². The zero-order chi connectivity index (χ0) is 20.2. The molecule has 29 heavy (non-hydrogen) atoms. The lowest BCUT2D eigenvalue weighted by Crippen LogP contribution is -2.21. The van der Waals surface area contributed by atoms with Gasteiger partial charge in [0, 0.05) is 11.6 Å². The van der Waals surface area contributed by atoms with Crippen LogP contribution in [0, 0.1) is 0 Å². The van der Waals surface area contributed by atoms with E-state index in [0.717, 1.165) is 0 Å². The van der Waals surface area contributed by atoms with Crippen LogP contribution in [0.3, 0.4) is 0 Å². The van der Waals surface area contributed by atoms with Crippen molar-refractivity contribution in [2.45, 2.75) is 0 Å². The molecule has 0 aliphatic carbocycles. The second-order valence-corrected chi connectivity index (χ2v) is 6.47. The van der Waals surface area contributed by atoms with Gasteiger partial charge in [-0.05, 0) is 36.4 Å². The summed E-state index contributed by atoms with van der Waals surface area (Å²) in [5.74, 6) is -0.324. The van der Waals surface area contributed by atoms with E-state index in [0.29, 0.717) is 38.8 Å². The minimum Gasteiger partial charge on any atom is -0.463 e. The molecule has 8 heteroatoms. The Labute approximate surface area is 170 Å². The third kappa shape index (κ3) is 4.25. The normalized spacial score (nSPS) is 10.7. The summed E-state index contributed by atoms with van der Waals surface area (Å²) in [6.07, 6.45) is 2.93. The van der Waals surface area contributed by atoms with E-state index in [2.05, 4.69) is 15.3 Å². The number of nitrogens with one attached hydrogen (secondary N) is 1. The van der Waals surface area contributed by atoms with Gasteiger partial charge in [0.2, 0.25) is 0 Å². The number of hydrogen-bond acceptors (Lipinski definition) is 6. The Morgan fingerprint density at radius 1 is 1.10 bits per heavy atom. The van der Waals surface area contributed by atoms with Crippen molar-refractivity contribution in [1.29, 1.82) is 0 Å². The van der Waals surface area contributed by atoms with Gasteiger partial charge in [-0.3, -0.25) is 4.79 Å². The Balaban J connectivity index is 1.53. The van der Waals surface area contributed by atoms with E-state index in [1.165, 1.54) is 12.5 Å². The first kappa shape index (κ1) is 18.6. The molecule has 1 amide bonds. The number of aromatic nitrogens is 2. The van der Waals surface area contributed by atoms with Crippen LogP contribution in [0.25, 0.3) is 22.4 Å². The zero-order valence-electron chi connectivity index (χ0n) is 15.0. The van der Waals surface area contributed by atoms with Crippen molar-refractivity contribution < 1.29 is 18.7 Å². The van der Waals surface area contributed by atoms with Gasteiger partial charge in [0.15, 0.2) is 12.4 Å². The first-order chi connectivity index (χ1) is 14.1. The molecule has 0 fully saturated rings. The number of carbonyl (C=O) groups is 2. The first-order valence-electron chi connectivity index (χ1n) is 8.62. The van der Waals surface area contributed by atoms with Crippen LogP contribution in [0.15, 0.2) is 71.5 Å². The fourth-order valence-electron chi connectivity index (χ4n) is 2.73. The topological polar surface area (TPSA) is 94.3 Å². The molecular formula is C21H14ClN3O4. The predicted molar refractivity (Wildman–Crippen MR) is 108 cm³/mol.